The van der Waals surface area contributed by atoms with Crippen LogP contribution in [0.1, 0.15) is 74.2 Å². The summed E-state index contributed by atoms with van der Waals surface area (Å²) in [5.41, 5.74) is 0.902. The van der Waals surface area contributed by atoms with Gasteiger partial charge in [-0.15, -0.1) is 0 Å². The summed E-state index contributed by atoms with van der Waals surface area (Å²) in [6.07, 6.45) is 6.34. The predicted molar refractivity (Wildman–Crippen MR) is 118 cm³/mol. The van der Waals surface area contributed by atoms with Crippen molar-refractivity contribution in [1.82, 2.24) is 0 Å². The SMILES string of the molecule is COC(=O)c1cc(C)c(F)cc1N(C(=O)C1CCC(C)CC1)C1CCC2(CC1)OCCO2. The van der Waals surface area contributed by atoms with Crippen LogP contribution < -0.4 is 4.90 Å². The van der Waals surface area contributed by atoms with Gasteiger partial charge in [0, 0.05) is 24.8 Å². The molecule has 32 heavy (non-hydrogen) atoms. The third-order valence-electron chi connectivity index (χ3n) is 7.44. The fourth-order valence-corrected chi connectivity index (χ4v) is 5.43. The molecule has 6 nitrogen and oxygen atoms in total. The number of anilines is 1. The molecule has 0 radical (unpaired) electrons. The Kier molecular flexibility index (Phi) is 6.86. The lowest BCUT2D eigenvalue weighted by molar-refractivity contribution is -0.179. The van der Waals surface area contributed by atoms with Crippen molar-refractivity contribution in [2.24, 2.45) is 11.8 Å². The molecule has 0 N–H and O–H groups in total. The molecule has 1 saturated heterocycles. The Morgan fingerprint density at radius 1 is 1.06 bits per heavy atom. The zero-order chi connectivity index (χ0) is 22.9. The lowest BCUT2D eigenvalue weighted by atomic mass is 9.81. The van der Waals surface area contributed by atoms with E-state index in [4.69, 9.17) is 14.2 Å². The zero-order valence-corrected chi connectivity index (χ0v) is 19.3. The molecule has 4 rings (SSSR count). The maximum Gasteiger partial charge on any atom is 0.339 e. The van der Waals surface area contributed by atoms with E-state index in [1.807, 2.05) is 0 Å². The van der Waals surface area contributed by atoms with E-state index in [1.165, 1.54) is 19.2 Å². The van der Waals surface area contributed by atoms with Crippen molar-refractivity contribution < 1.29 is 28.2 Å². The van der Waals surface area contributed by atoms with Crippen LogP contribution in [-0.4, -0.2) is 44.0 Å². The van der Waals surface area contributed by atoms with E-state index in [1.54, 1.807) is 11.8 Å². The molecule has 1 aromatic carbocycles. The maximum atomic E-state index is 14.7. The van der Waals surface area contributed by atoms with Crippen molar-refractivity contribution >= 4 is 17.6 Å². The normalized spacial score (nSPS) is 25.6. The van der Waals surface area contributed by atoms with Crippen LogP contribution in [-0.2, 0) is 19.0 Å². The highest BCUT2D eigenvalue weighted by atomic mass is 19.1. The van der Waals surface area contributed by atoms with Gasteiger partial charge >= 0.3 is 5.97 Å². The highest BCUT2D eigenvalue weighted by Crippen LogP contribution is 2.41. The molecule has 1 aliphatic heterocycles. The van der Waals surface area contributed by atoms with E-state index < -0.39 is 17.6 Å². The molecule has 1 amide bonds. The van der Waals surface area contributed by atoms with E-state index in [2.05, 4.69) is 6.92 Å². The Labute approximate surface area is 189 Å². The van der Waals surface area contributed by atoms with E-state index >= 15 is 0 Å². The Hall–Kier alpha value is -1.99. The number of ether oxygens (including phenoxy) is 3. The smallest absolute Gasteiger partial charge is 0.339 e. The minimum absolute atomic E-state index is 0.0143. The third-order valence-corrected chi connectivity index (χ3v) is 7.44. The first kappa shape index (κ1) is 23.2. The molecule has 2 saturated carbocycles. The Morgan fingerprint density at radius 3 is 2.28 bits per heavy atom. The van der Waals surface area contributed by atoms with Crippen LogP contribution in [0.15, 0.2) is 12.1 Å². The van der Waals surface area contributed by atoms with Gasteiger partial charge in [-0.1, -0.05) is 6.92 Å². The second-order valence-electron chi connectivity index (χ2n) is 9.61. The van der Waals surface area contributed by atoms with Crippen LogP contribution in [0.25, 0.3) is 0 Å². The zero-order valence-electron chi connectivity index (χ0n) is 19.3. The molecule has 3 aliphatic rings. The maximum absolute atomic E-state index is 14.7. The average Bonchev–Trinajstić information content (AvgIpc) is 3.25. The van der Waals surface area contributed by atoms with Gasteiger partial charge in [-0.2, -0.15) is 0 Å². The van der Waals surface area contributed by atoms with Crippen LogP contribution in [0.3, 0.4) is 0 Å². The van der Waals surface area contributed by atoms with E-state index in [9.17, 15) is 14.0 Å². The fraction of sp³-hybridized carbons (Fsp3) is 0.680. The molecule has 0 unspecified atom stereocenters. The number of nitrogens with zero attached hydrogens (tertiary/aromatic N) is 1. The molecule has 3 fully saturated rings. The van der Waals surface area contributed by atoms with Crippen molar-refractivity contribution in [1.29, 1.82) is 0 Å². The summed E-state index contributed by atoms with van der Waals surface area (Å²) in [5, 5.41) is 0. The molecule has 1 heterocycles. The summed E-state index contributed by atoms with van der Waals surface area (Å²) in [6, 6.07) is 2.68. The number of hydrogen-bond donors (Lipinski definition) is 0. The molecule has 1 aromatic rings. The van der Waals surface area contributed by atoms with Gasteiger partial charge in [0.1, 0.15) is 5.82 Å². The van der Waals surface area contributed by atoms with Crippen molar-refractivity contribution in [2.45, 2.75) is 77.0 Å². The number of rotatable bonds is 4. The van der Waals surface area contributed by atoms with Crippen LogP contribution in [0, 0.1) is 24.6 Å². The van der Waals surface area contributed by atoms with Crippen LogP contribution in [0.5, 0.6) is 0 Å². The van der Waals surface area contributed by atoms with Crippen LogP contribution in [0.4, 0.5) is 10.1 Å². The van der Waals surface area contributed by atoms with Crippen LogP contribution in [0.2, 0.25) is 0 Å². The Balaban J connectivity index is 1.69. The Morgan fingerprint density at radius 2 is 1.69 bits per heavy atom. The highest BCUT2D eigenvalue weighted by Gasteiger charge is 2.44. The number of benzene rings is 1. The molecule has 0 atom stereocenters. The molecular weight excluding hydrogens is 413 g/mol. The van der Waals surface area contributed by atoms with Gasteiger partial charge in [-0.25, -0.2) is 9.18 Å². The first-order valence-electron chi connectivity index (χ1n) is 11.8. The summed E-state index contributed by atoms with van der Waals surface area (Å²) in [5.74, 6) is -1.07. The third kappa shape index (κ3) is 4.55. The van der Waals surface area contributed by atoms with Gasteiger partial charge in [0.15, 0.2) is 5.79 Å². The molecule has 7 heteroatoms. The number of halogens is 1. The van der Waals surface area contributed by atoms with Gasteiger partial charge < -0.3 is 19.1 Å². The molecule has 0 aromatic heterocycles. The number of hydrogen-bond acceptors (Lipinski definition) is 5. The quantitative estimate of drug-likeness (QED) is 0.623. The Bertz CT molecular complexity index is 848. The number of carbonyl (C=O) groups excluding carboxylic acids is 2. The summed E-state index contributed by atoms with van der Waals surface area (Å²) in [6.45, 7) is 5.00. The average molecular weight is 448 g/mol. The first-order valence-corrected chi connectivity index (χ1v) is 11.8. The van der Waals surface area contributed by atoms with Crippen molar-refractivity contribution in [3.63, 3.8) is 0 Å². The second kappa shape index (κ2) is 9.48. The standard InChI is InChI=1S/C25H34FNO5/c1-16-4-6-18(7-5-16)23(28)27(19-8-10-25(11-9-19)31-12-13-32-25)22-15-21(26)17(2)14-20(22)24(29)30-3/h14-16,18-19H,4-13H2,1-3H3. The molecule has 2 aliphatic carbocycles. The minimum atomic E-state index is -0.562. The van der Waals surface area contributed by atoms with Gasteiger partial charge in [0.2, 0.25) is 5.91 Å². The number of carbonyl (C=O) groups is 2. The summed E-state index contributed by atoms with van der Waals surface area (Å²) in [7, 11) is 1.30. The first-order chi connectivity index (χ1) is 15.3. The highest BCUT2D eigenvalue weighted by molar-refractivity contribution is 6.03. The topological polar surface area (TPSA) is 65.1 Å². The summed E-state index contributed by atoms with van der Waals surface area (Å²) in [4.78, 5) is 28.2. The summed E-state index contributed by atoms with van der Waals surface area (Å²) >= 11 is 0. The fourth-order valence-electron chi connectivity index (χ4n) is 5.43. The second-order valence-corrected chi connectivity index (χ2v) is 9.61. The van der Waals surface area contributed by atoms with Crippen molar-refractivity contribution in [3.8, 4) is 0 Å². The van der Waals surface area contributed by atoms with Gasteiger partial charge in [0.25, 0.3) is 0 Å². The largest absolute Gasteiger partial charge is 0.465 e. The molecule has 1 spiro atoms. The lowest BCUT2D eigenvalue weighted by Crippen LogP contribution is -2.49. The van der Waals surface area contributed by atoms with Gasteiger partial charge in [-0.05, 0) is 69.1 Å². The van der Waals surface area contributed by atoms with Crippen LogP contribution >= 0.6 is 0 Å². The lowest BCUT2D eigenvalue weighted by Gasteiger charge is -2.42. The van der Waals surface area contributed by atoms with Crippen molar-refractivity contribution in [3.05, 3.63) is 29.1 Å². The van der Waals surface area contributed by atoms with E-state index in [-0.39, 0.29) is 23.4 Å². The van der Waals surface area contributed by atoms with E-state index in [0.29, 0.717) is 56.1 Å². The molecular formula is C25H34FNO5. The van der Waals surface area contributed by atoms with Crippen molar-refractivity contribution in [2.75, 3.05) is 25.2 Å². The number of esters is 1. The predicted octanol–water partition coefficient (Wildman–Crippen LogP) is 4.77. The molecule has 176 valence electrons. The summed E-state index contributed by atoms with van der Waals surface area (Å²) < 4.78 is 31.4. The molecule has 0 bridgehead atoms. The number of methoxy groups -OCH3 is 1. The van der Waals surface area contributed by atoms with E-state index in [0.717, 1.165) is 25.7 Å². The monoisotopic (exact) mass is 447 g/mol. The number of amides is 1. The van der Waals surface area contributed by atoms with Gasteiger partial charge in [0.05, 0.1) is 31.6 Å². The minimum Gasteiger partial charge on any atom is -0.465 e. The number of aryl methyl sites for hydroxylation is 1. The van der Waals surface area contributed by atoms with Gasteiger partial charge in [-0.3, -0.25) is 4.79 Å².